The molecule has 2 heterocycles. The quantitative estimate of drug-likeness (QED) is 0.713. The Hall–Kier alpha value is -2.96. The van der Waals surface area contributed by atoms with E-state index in [1.165, 1.54) is 6.07 Å². The van der Waals surface area contributed by atoms with Crippen LogP contribution in [0.2, 0.25) is 0 Å². The smallest absolute Gasteiger partial charge is 0.256 e. The van der Waals surface area contributed by atoms with Crippen LogP contribution in [0.4, 0.5) is 8.78 Å². The summed E-state index contributed by atoms with van der Waals surface area (Å²) in [5.74, 6) is 0.638. The second-order valence-corrected chi connectivity index (χ2v) is 5.60. The molecule has 0 aliphatic heterocycles. The van der Waals surface area contributed by atoms with Crippen LogP contribution in [0, 0.1) is 6.92 Å². The third kappa shape index (κ3) is 3.45. The Morgan fingerprint density at radius 1 is 1.16 bits per heavy atom. The van der Waals surface area contributed by atoms with E-state index in [9.17, 15) is 13.6 Å². The van der Waals surface area contributed by atoms with Crippen molar-refractivity contribution < 1.29 is 13.5 Å². The third-order valence-electron chi connectivity index (χ3n) is 3.80. The maximum Gasteiger partial charge on any atom is 0.256 e. The molecule has 0 saturated carbocycles. The van der Waals surface area contributed by atoms with Gasteiger partial charge in [-0.3, -0.25) is 4.79 Å². The Morgan fingerprint density at radius 2 is 1.88 bits per heavy atom. The lowest BCUT2D eigenvalue weighted by molar-refractivity contribution is 0.126. The number of halogens is 2. The Kier molecular flexibility index (Phi) is 4.65. The molecule has 0 bridgehead atoms. The second-order valence-electron chi connectivity index (χ2n) is 5.60. The maximum absolute atomic E-state index is 13.1. The van der Waals surface area contributed by atoms with Gasteiger partial charge in [-0.1, -0.05) is 0 Å². The van der Waals surface area contributed by atoms with Gasteiger partial charge in [0.25, 0.3) is 12.0 Å². The van der Waals surface area contributed by atoms with Crippen LogP contribution in [0.5, 0.6) is 5.75 Å². The number of benzene rings is 1. The van der Waals surface area contributed by atoms with E-state index < -0.39 is 18.5 Å². The van der Waals surface area contributed by atoms with Gasteiger partial charge < -0.3 is 9.30 Å². The van der Waals surface area contributed by atoms with Crippen molar-refractivity contribution in [3.8, 4) is 22.7 Å². The number of hydrogen-bond donors (Lipinski definition) is 0. The molecule has 0 amide bonds. The Balaban J connectivity index is 2.26. The summed E-state index contributed by atoms with van der Waals surface area (Å²) in [6.07, 6.45) is 0.796. The van der Waals surface area contributed by atoms with E-state index in [2.05, 4.69) is 5.10 Å². The molecule has 0 N–H and O–H groups in total. The van der Waals surface area contributed by atoms with Crippen LogP contribution in [0.15, 0.2) is 53.6 Å². The van der Waals surface area contributed by atoms with Crippen molar-refractivity contribution in [1.29, 1.82) is 0 Å². The molecule has 0 radical (unpaired) electrons. The van der Waals surface area contributed by atoms with Crippen LogP contribution in [-0.4, -0.2) is 27.9 Å². The molecule has 130 valence electrons. The van der Waals surface area contributed by atoms with Crippen molar-refractivity contribution >= 4 is 0 Å². The van der Waals surface area contributed by atoms with Crippen LogP contribution < -0.4 is 10.3 Å². The van der Waals surface area contributed by atoms with Crippen molar-refractivity contribution in [3.05, 3.63) is 64.7 Å². The van der Waals surface area contributed by atoms with Gasteiger partial charge in [-0.15, -0.1) is 0 Å². The van der Waals surface area contributed by atoms with Crippen LogP contribution in [0.25, 0.3) is 16.9 Å². The molecule has 25 heavy (non-hydrogen) atoms. The third-order valence-corrected chi connectivity index (χ3v) is 3.80. The first-order valence-electron chi connectivity index (χ1n) is 7.67. The molecule has 0 atom stereocenters. The SMILES string of the molecule is COc1ccc(-c2c(-n3cc(C)cn3)ccc(=O)n2CC(F)F)cc1. The normalized spacial score (nSPS) is 11.1. The van der Waals surface area contributed by atoms with Gasteiger partial charge in [0, 0.05) is 17.8 Å². The molecule has 0 unspecified atom stereocenters. The number of aromatic nitrogens is 3. The van der Waals surface area contributed by atoms with E-state index in [0.29, 0.717) is 22.7 Å². The molecule has 0 aliphatic carbocycles. The average Bonchev–Trinajstić information content (AvgIpc) is 3.02. The fraction of sp³-hybridized carbons (Fsp3) is 0.222. The molecule has 2 aromatic heterocycles. The summed E-state index contributed by atoms with van der Waals surface area (Å²) in [4.78, 5) is 12.2. The van der Waals surface area contributed by atoms with Gasteiger partial charge >= 0.3 is 0 Å². The highest BCUT2D eigenvalue weighted by Crippen LogP contribution is 2.27. The molecule has 0 saturated heterocycles. The van der Waals surface area contributed by atoms with Gasteiger partial charge in [0.1, 0.15) is 5.75 Å². The van der Waals surface area contributed by atoms with Gasteiger partial charge in [0.2, 0.25) is 0 Å². The fourth-order valence-electron chi connectivity index (χ4n) is 2.67. The van der Waals surface area contributed by atoms with Crippen molar-refractivity contribution in [1.82, 2.24) is 14.3 Å². The minimum absolute atomic E-state index is 0.388. The number of aryl methyl sites for hydroxylation is 1. The first kappa shape index (κ1) is 16.9. The zero-order chi connectivity index (χ0) is 18.0. The molecule has 1 aromatic carbocycles. The predicted molar refractivity (Wildman–Crippen MR) is 90.6 cm³/mol. The standard InChI is InChI=1S/C18H17F2N3O2/c1-12-9-21-23(10-12)15-7-8-17(24)22(11-16(19)20)18(15)13-3-5-14(25-2)6-4-13/h3-10,16H,11H2,1-2H3. The van der Waals surface area contributed by atoms with Crippen LogP contribution in [0.3, 0.4) is 0 Å². The summed E-state index contributed by atoms with van der Waals surface area (Å²) in [7, 11) is 1.54. The topological polar surface area (TPSA) is 49.1 Å². The van der Waals surface area contributed by atoms with Crippen molar-refractivity contribution in [2.45, 2.75) is 19.9 Å². The van der Waals surface area contributed by atoms with E-state index in [4.69, 9.17) is 4.74 Å². The lowest BCUT2D eigenvalue weighted by Crippen LogP contribution is -2.25. The summed E-state index contributed by atoms with van der Waals surface area (Å²) in [6.45, 7) is 1.19. The van der Waals surface area contributed by atoms with E-state index in [-0.39, 0.29) is 0 Å². The largest absolute Gasteiger partial charge is 0.497 e. The lowest BCUT2D eigenvalue weighted by atomic mass is 10.1. The van der Waals surface area contributed by atoms with Gasteiger partial charge in [-0.2, -0.15) is 5.10 Å². The molecular formula is C18H17F2N3O2. The molecular weight excluding hydrogens is 328 g/mol. The Morgan fingerprint density at radius 3 is 2.44 bits per heavy atom. The first-order valence-corrected chi connectivity index (χ1v) is 7.67. The van der Waals surface area contributed by atoms with E-state index in [1.54, 1.807) is 54.5 Å². The number of ether oxygens (including phenoxy) is 1. The monoisotopic (exact) mass is 345 g/mol. The van der Waals surface area contributed by atoms with Crippen molar-refractivity contribution in [3.63, 3.8) is 0 Å². The molecule has 0 spiro atoms. The second kappa shape index (κ2) is 6.88. The number of nitrogens with zero attached hydrogens (tertiary/aromatic N) is 3. The predicted octanol–water partition coefficient (Wildman–Crippen LogP) is 3.28. The van der Waals surface area contributed by atoms with E-state index in [1.807, 2.05) is 6.92 Å². The van der Waals surface area contributed by atoms with Crippen LogP contribution >= 0.6 is 0 Å². The summed E-state index contributed by atoms with van der Waals surface area (Å²) >= 11 is 0. The summed E-state index contributed by atoms with van der Waals surface area (Å²) in [5, 5.41) is 4.24. The van der Waals surface area contributed by atoms with Crippen molar-refractivity contribution in [2.24, 2.45) is 0 Å². The van der Waals surface area contributed by atoms with Gasteiger partial charge in [-0.25, -0.2) is 13.5 Å². The van der Waals surface area contributed by atoms with Gasteiger partial charge in [-0.05, 0) is 42.8 Å². The number of alkyl halides is 2. The Bertz CT molecular complexity index is 930. The highest BCUT2D eigenvalue weighted by Gasteiger charge is 2.17. The highest BCUT2D eigenvalue weighted by molar-refractivity contribution is 5.70. The zero-order valence-electron chi connectivity index (χ0n) is 13.8. The summed E-state index contributed by atoms with van der Waals surface area (Å²) < 4.78 is 33.9. The molecule has 7 heteroatoms. The summed E-state index contributed by atoms with van der Waals surface area (Å²) in [6, 6.07) is 9.78. The van der Waals surface area contributed by atoms with E-state index in [0.717, 1.165) is 10.1 Å². The van der Waals surface area contributed by atoms with Gasteiger partial charge in [0.05, 0.1) is 31.2 Å². The minimum Gasteiger partial charge on any atom is -0.497 e. The molecule has 3 aromatic rings. The molecule has 0 aliphatic rings. The first-order chi connectivity index (χ1) is 12.0. The Labute approximate surface area is 143 Å². The minimum atomic E-state index is -2.65. The number of methoxy groups -OCH3 is 1. The van der Waals surface area contributed by atoms with Crippen LogP contribution in [-0.2, 0) is 6.54 Å². The van der Waals surface area contributed by atoms with Crippen molar-refractivity contribution in [2.75, 3.05) is 7.11 Å². The number of pyridine rings is 1. The van der Waals surface area contributed by atoms with Crippen LogP contribution in [0.1, 0.15) is 5.56 Å². The zero-order valence-corrected chi connectivity index (χ0v) is 13.8. The van der Waals surface area contributed by atoms with Gasteiger partial charge in [0.15, 0.2) is 0 Å². The molecule has 5 nitrogen and oxygen atoms in total. The fourth-order valence-corrected chi connectivity index (χ4v) is 2.67. The molecule has 0 fully saturated rings. The number of hydrogen-bond acceptors (Lipinski definition) is 3. The molecule has 3 rings (SSSR count). The summed E-state index contributed by atoms with van der Waals surface area (Å²) in [5.41, 5.74) is 2.01. The lowest BCUT2D eigenvalue weighted by Gasteiger charge is -2.17. The maximum atomic E-state index is 13.1. The average molecular weight is 345 g/mol. The highest BCUT2D eigenvalue weighted by atomic mass is 19.3. The van der Waals surface area contributed by atoms with E-state index >= 15 is 0 Å². The number of rotatable bonds is 5.